The van der Waals surface area contributed by atoms with Crippen LogP contribution < -0.4 is 4.72 Å². The van der Waals surface area contributed by atoms with E-state index in [0.29, 0.717) is 12.1 Å². The molecule has 5 nitrogen and oxygen atoms in total. The second-order valence-corrected chi connectivity index (χ2v) is 9.63. The van der Waals surface area contributed by atoms with Gasteiger partial charge in [-0.05, 0) is 60.7 Å². The number of nitrogens with zero attached hydrogens (tertiary/aromatic N) is 1. The molecule has 0 atom stereocenters. The van der Waals surface area contributed by atoms with Crippen molar-refractivity contribution in [2.24, 2.45) is 0 Å². The van der Waals surface area contributed by atoms with Crippen LogP contribution >= 0.6 is 11.8 Å². The van der Waals surface area contributed by atoms with E-state index in [1.165, 1.54) is 41.3 Å². The van der Waals surface area contributed by atoms with E-state index in [9.17, 15) is 17.6 Å². The Kier molecular flexibility index (Phi) is 7.02. The van der Waals surface area contributed by atoms with E-state index in [1.54, 1.807) is 31.8 Å². The summed E-state index contributed by atoms with van der Waals surface area (Å²) in [6.07, 6.45) is 2.00. The molecule has 0 spiro atoms. The molecule has 1 amide bonds. The smallest absolute Gasteiger partial charge is 0.262 e. The summed E-state index contributed by atoms with van der Waals surface area (Å²) in [7, 11) is -2.39. The SMILES string of the molecule is CSc1ccc(CN(C)C(=O)c2cc(S(=O)(=O)Nc3ccccc3F)ccc2C)cc1. The fraction of sp³-hybridized carbons (Fsp3) is 0.174. The van der Waals surface area contributed by atoms with E-state index in [1.807, 2.05) is 30.5 Å². The van der Waals surface area contributed by atoms with Crippen LogP contribution in [-0.4, -0.2) is 32.5 Å². The number of thioether (sulfide) groups is 1. The molecule has 0 aliphatic heterocycles. The highest BCUT2D eigenvalue weighted by atomic mass is 32.2. The van der Waals surface area contributed by atoms with Crippen LogP contribution in [0.3, 0.4) is 0 Å². The Morgan fingerprint density at radius 1 is 1.06 bits per heavy atom. The molecule has 3 aromatic carbocycles. The Hall–Kier alpha value is -2.84. The largest absolute Gasteiger partial charge is 0.337 e. The van der Waals surface area contributed by atoms with Crippen LogP contribution in [0.25, 0.3) is 0 Å². The van der Waals surface area contributed by atoms with Crippen LogP contribution in [0.5, 0.6) is 0 Å². The first-order valence-corrected chi connectivity index (χ1v) is 12.2. The maximum Gasteiger partial charge on any atom is 0.262 e. The van der Waals surface area contributed by atoms with E-state index in [4.69, 9.17) is 0 Å². The van der Waals surface area contributed by atoms with Crippen molar-refractivity contribution >= 4 is 33.4 Å². The number of halogens is 1. The van der Waals surface area contributed by atoms with E-state index in [0.717, 1.165) is 10.5 Å². The van der Waals surface area contributed by atoms with Gasteiger partial charge in [-0.2, -0.15) is 0 Å². The normalized spacial score (nSPS) is 11.2. The average molecular weight is 459 g/mol. The van der Waals surface area contributed by atoms with Gasteiger partial charge in [-0.15, -0.1) is 11.8 Å². The van der Waals surface area contributed by atoms with Gasteiger partial charge in [-0.3, -0.25) is 9.52 Å². The number of hydrogen-bond donors (Lipinski definition) is 1. The number of carbonyl (C=O) groups excluding carboxylic acids is 1. The first-order chi connectivity index (χ1) is 14.7. The Balaban J connectivity index is 1.83. The number of amides is 1. The zero-order chi connectivity index (χ0) is 22.6. The van der Waals surface area contributed by atoms with E-state index >= 15 is 0 Å². The van der Waals surface area contributed by atoms with Crippen molar-refractivity contribution in [3.63, 3.8) is 0 Å². The summed E-state index contributed by atoms with van der Waals surface area (Å²) in [5.74, 6) is -0.976. The third kappa shape index (κ3) is 5.45. The molecule has 1 N–H and O–H groups in total. The lowest BCUT2D eigenvalue weighted by Crippen LogP contribution is -2.27. The number of para-hydroxylation sites is 1. The topological polar surface area (TPSA) is 66.5 Å². The van der Waals surface area contributed by atoms with Gasteiger partial charge in [0.25, 0.3) is 15.9 Å². The van der Waals surface area contributed by atoms with Crippen molar-refractivity contribution in [1.29, 1.82) is 0 Å². The summed E-state index contributed by atoms with van der Waals surface area (Å²) in [6.45, 7) is 2.13. The molecule has 0 aromatic heterocycles. The number of hydrogen-bond acceptors (Lipinski definition) is 4. The second-order valence-electron chi connectivity index (χ2n) is 7.07. The van der Waals surface area contributed by atoms with Gasteiger partial charge in [0.1, 0.15) is 5.82 Å². The van der Waals surface area contributed by atoms with E-state index in [2.05, 4.69) is 4.72 Å². The zero-order valence-electron chi connectivity index (χ0n) is 17.4. The van der Waals surface area contributed by atoms with Gasteiger partial charge in [-0.25, -0.2) is 12.8 Å². The lowest BCUT2D eigenvalue weighted by Gasteiger charge is -2.19. The first-order valence-electron chi connectivity index (χ1n) is 9.47. The predicted octanol–water partition coefficient (Wildman–Crippen LogP) is 4.93. The molecule has 0 aliphatic rings. The molecule has 31 heavy (non-hydrogen) atoms. The molecule has 8 heteroatoms. The lowest BCUT2D eigenvalue weighted by molar-refractivity contribution is 0.0784. The summed E-state index contributed by atoms with van der Waals surface area (Å²) in [4.78, 5) is 15.6. The van der Waals surface area contributed by atoms with Crippen molar-refractivity contribution < 1.29 is 17.6 Å². The van der Waals surface area contributed by atoms with Crippen LogP contribution in [0.2, 0.25) is 0 Å². The summed E-state index contributed by atoms with van der Waals surface area (Å²) in [6, 6.07) is 17.7. The maximum atomic E-state index is 13.9. The Morgan fingerprint density at radius 2 is 1.74 bits per heavy atom. The van der Waals surface area contributed by atoms with Gasteiger partial charge in [0.15, 0.2) is 0 Å². The molecule has 0 saturated heterocycles. The number of nitrogens with one attached hydrogen (secondary N) is 1. The molecule has 3 rings (SSSR count). The summed E-state index contributed by atoms with van der Waals surface area (Å²) < 4.78 is 41.6. The molecular weight excluding hydrogens is 435 g/mol. The van der Waals surface area contributed by atoms with Gasteiger partial charge in [0, 0.05) is 24.1 Å². The predicted molar refractivity (Wildman–Crippen MR) is 122 cm³/mol. The Morgan fingerprint density at radius 3 is 2.39 bits per heavy atom. The maximum absolute atomic E-state index is 13.9. The lowest BCUT2D eigenvalue weighted by atomic mass is 10.1. The van der Waals surface area contributed by atoms with E-state index < -0.39 is 15.8 Å². The monoisotopic (exact) mass is 458 g/mol. The molecule has 0 unspecified atom stereocenters. The Labute approximate surface area is 186 Å². The highest BCUT2D eigenvalue weighted by Crippen LogP contribution is 2.22. The molecule has 0 heterocycles. The van der Waals surface area contributed by atoms with E-state index in [-0.39, 0.29) is 22.1 Å². The first kappa shape index (κ1) is 22.8. The van der Waals surface area contributed by atoms with Gasteiger partial charge >= 0.3 is 0 Å². The molecule has 162 valence electrons. The zero-order valence-corrected chi connectivity index (χ0v) is 19.1. The van der Waals surface area contributed by atoms with Crippen molar-refractivity contribution in [2.45, 2.75) is 23.3 Å². The molecule has 0 bridgehead atoms. The van der Waals surface area contributed by atoms with Gasteiger partial charge in [0.2, 0.25) is 0 Å². The van der Waals surface area contributed by atoms with Crippen LogP contribution in [0.1, 0.15) is 21.5 Å². The molecular formula is C23H23FN2O3S2. The van der Waals surface area contributed by atoms with Gasteiger partial charge < -0.3 is 4.90 Å². The minimum Gasteiger partial charge on any atom is -0.337 e. The quantitative estimate of drug-likeness (QED) is 0.510. The number of aryl methyl sites for hydroxylation is 1. The van der Waals surface area contributed by atoms with Crippen molar-refractivity contribution in [1.82, 2.24) is 4.90 Å². The van der Waals surface area contributed by atoms with Crippen LogP contribution in [-0.2, 0) is 16.6 Å². The molecule has 0 saturated carbocycles. The summed E-state index contributed by atoms with van der Waals surface area (Å²) in [5.41, 5.74) is 1.75. The molecule has 0 fully saturated rings. The number of benzene rings is 3. The second kappa shape index (κ2) is 9.53. The third-order valence-electron chi connectivity index (χ3n) is 4.79. The van der Waals surface area contributed by atoms with Crippen LogP contribution in [0.4, 0.5) is 10.1 Å². The Bertz CT molecular complexity index is 1200. The average Bonchev–Trinajstić information content (AvgIpc) is 2.75. The van der Waals surface area contributed by atoms with Crippen LogP contribution in [0, 0.1) is 12.7 Å². The fourth-order valence-electron chi connectivity index (χ4n) is 3.03. The number of anilines is 1. The highest BCUT2D eigenvalue weighted by Gasteiger charge is 2.21. The number of rotatable bonds is 7. The van der Waals surface area contributed by atoms with Gasteiger partial charge in [-0.1, -0.05) is 30.3 Å². The summed E-state index contributed by atoms with van der Waals surface area (Å²) in [5, 5.41) is 0. The number of sulfonamides is 1. The standard InChI is InChI=1S/C23H23FN2O3S2/c1-16-8-13-19(31(28,29)25-22-7-5-4-6-21(22)24)14-20(16)23(27)26(2)15-17-9-11-18(30-3)12-10-17/h4-14,25H,15H2,1-3H3. The fourth-order valence-corrected chi connectivity index (χ4v) is 4.53. The van der Waals surface area contributed by atoms with Crippen molar-refractivity contribution in [3.8, 4) is 0 Å². The van der Waals surface area contributed by atoms with Crippen molar-refractivity contribution in [2.75, 3.05) is 18.0 Å². The summed E-state index contributed by atoms with van der Waals surface area (Å²) >= 11 is 1.64. The molecule has 3 aromatic rings. The van der Waals surface area contributed by atoms with Crippen LogP contribution in [0.15, 0.2) is 76.5 Å². The molecule has 0 radical (unpaired) electrons. The van der Waals surface area contributed by atoms with Crippen molar-refractivity contribution in [3.05, 3.63) is 89.2 Å². The minimum atomic E-state index is -4.06. The number of carbonyl (C=O) groups is 1. The molecule has 0 aliphatic carbocycles. The van der Waals surface area contributed by atoms with Gasteiger partial charge in [0.05, 0.1) is 10.6 Å². The highest BCUT2D eigenvalue weighted by molar-refractivity contribution is 7.98. The third-order valence-corrected chi connectivity index (χ3v) is 6.90. The minimum absolute atomic E-state index is 0.109.